The Kier molecular flexibility index (Phi) is 4.01. The summed E-state index contributed by atoms with van der Waals surface area (Å²) in [7, 11) is 0. The number of rotatable bonds is 0. The summed E-state index contributed by atoms with van der Waals surface area (Å²) in [5.74, 6) is 0.329. The van der Waals surface area contributed by atoms with Crippen molar-refractivity contribution in [2.24, 2.45) is 0 Å². The second-order valence-electron chi connectivity index (χ2n) is 1.84. The summed E-state index contributed by atoms with van der Waals surface area (Å²) in [6.07, 6.45) is 0. The molecule has 0 aliphatic rings. The summed E-state index contributed by atoms with van der Waals surface area (Å²) in [4.78, 5) is 0. The maximum Gasteiger partial charge on any atom is 0.115 e. The minimum Gasteiger partial charge on any atom is -0.508 e. The van der Waals surface area contributed by atoms with E-state index in [1.54, 1.807) is 12.1 Å². The number of aromatic hydroxyl groups is 1. The molecule has 0 atom stereocenters. The van der Waals surface area contributed by atoms with Gasteiger partial charge in [-0.05, 0) is 19.1 Å². The van der Waals surface area contributed by atoms with Crippen LogP contribution in [-0.2, 0) is 0 Å². The first-order valence-electron chi connectivity index (χ1n) is 2.54. The van der Waals surface area contributed by atoms with Crippen molar-refractivity contribution in [2.45, 2.75) is 6.92 Å². The average molecular weight is 346 g/mol. The van der Waals surface area contributed by atoms with Gasteiger partial charge < -0.3 is 5.11 Å². The molecule has 0 heterocycles. The van der Waals surface area contributed by atoms with E-state index < -0.39 is 0 Å². The molecule has 0 fully saturated rings. The molecule has 9 heavy (non-hydrogen) atoms. The molecular formula is C7H8OU. The summed E-state index contributed by atoms with van der Waals surface area (Å²) in [5, 5.41) is 8.76. The van der Waals surface area contributed by atoms with E-state index >= 15 is 0 Å². The van der Waals surface area contributed by atoms with Crippen LogP contribution in [0.15, 0.2) is 24.3 Å². The predicted octanol–water partition coefficient (Wildman–Crippen LogP) is 1.70. The zero-order valence-electron chi connectivity index (χ0n) is 5.26. The largest absolute Gasteiger partial charge is 0.508 e. The van der Waals surface area contributed by atoms with Crippen molar-refractivity contribution in [2.75, 3.05) is 0 Å². The number of phenolic OH excluding ortho intramolecular Hbond substituents is 1. The Labute approximate surface area is 78.5 Å². The molecule has 0 amide bonds. The van der Waals surface area contributed by atoms with Crippen LogP contribution in [0.2, 0.25) is 0 Å². The van der Waals surface area contributed by atoms with E-state index in [-0.39, 0.29) is 31.1 Å². The van der Waals surface area contributed by atoms with Gasteiger partial charge in [0.2, 0.25) is 0 Å². The molecule has 0 saturated heterocycles. The van der Waals surface area contributed by atoms with E-state index in [0.29, 0.717) is 5.75 Å². The van der Waals surface area contributed by atoms with E-state index in [1.165, 1.54) is 5.56 Å². The standard InChI is InChI=1S/C7H8O.U/c1-6-2-4-7(8)5-3-6;/h2-5,8H,1H3;. The molecule has 1 aromatic rings. The Balaban J connectivity index is 0.000000640. The van der Waals surface area contributed by atoms with Crippen molar-refractivity contribution in [1.29, 1.82) is 0 Å². The van der Waals surface area contributed by atoms with Crippen LogP contribution in [0.25, 0.3) is 0 Å². The second kappa shape index (κ2) is 3.98. The minimum absolute atomic E-state index is 0. The molecule has 0 spiro atoms. The molecule has 0 aliphatic carbocycles. The van der Waals surface area contributed by atoms with Crippen LogP contribution in [0.1, 0.15) is 5.56 Å². The van der Waals surface area contributed by atoms with Crippen molar-refractivity contribution in [3.63, 3.8) is 0 Å². The smallest absolute Gasteiger partial charge is 0.115 e. The summed E-state index contributed by atoms with van der Waals surface area (Å²) >= 11 is 0. The molecule has 0 radical (unpaired) electrons. The van der Waals surface area contributed by atoms with Crippen LogP contribution in [0, 0.1) is 38.0 Å². The fourth-order valence-electron chi connectivity index (χ4n) is 0.545. The Morgan fingerprint density at radius 2 is 1.56 bits per heavy atom. The molecule has 1 N–H and O–H groups in total. The van der Waals surface area contributed by atoms with Crippen LogP contribution >= 0.6 is 0 Å². The van der Waals surface area contributed by atoms with E-state index in [9.17, 15) is 0 Å². The molecule has 0 saturated carbocycles. The number of hydrogen-bond acceptors (Lipinski definition) is 1. The zero-order valence-corrected chi connectivity index (χ0v) is 9.42. The van der Waals surface area contributed by atoms with Crippen molar-refractivity contribution >= 4 is 0 Å². The van der Waals surface area contributed by atoms with E-state index in [0.717, 1.165) is 0 Å². The van der Waals surface area contributed by atoms with Crippen LogP contribution < -0.4 is 0 Å². The molecule has 0 unspecified atom stereocenters. The topological polar surface area (TPSA) is 20.2 Å². The van der Waals surface area contributed by atoms with E-state index in [2.05, 4.69) is 0 Å². The molecule has 2 heteroatoms. The van der Waals surface area contributed by atoms with Gasteiger partial charge in [0, 0.05) is 31.1 Å². The summed E-state index contributed by atoms with van der Waals surface area (Å²) < 4.78 is 0. The third kappa shape index (κ3) is 2.93. The summed E-state index contributed by atoms with van der Waals surface area (Å²) in [6, 6.07) is 7.09. The van der Waals surface area contributed by atoms with Crippen molar-refractivity contribution in [1.82, 2.24) is 0 Å². The minimum atomic E-state index is 0. The molecule has 0 bridgehead atoms. The SMILES string of the molecule is Cc1ccc(O)cc1.[U]. The monoisotopic (exact) mass is 346 g/mol. The van der Waals surface area contributed by atoms with Crippen LogP contribution in [-0.4, -0.2) is 5.11 Å². The van der Waals surface area contributed by atoms with Crippen LogP contribution in [0.3, 0.4) is 0 Å². The quantitative estimate of drug-likeness (QED) is 0.758. The normalized spacial score (nSPS) is 8.11. The third-order valence-electron chi connectivity index (χ3n) is 1.03. The first kappa shape index (κ1) is 9.07. The van der Waals surface area contributed by atoms with Crippen LogP contribution in [0.5, 0.6) is 5.75 Å². The molecule has 1 rings (SSSR count). The molecule has 46 valence electrons. The van der Waals surface area contributed by atoms with Crippen molar-refractivity contribution < 1.29 is 36.2 Å². The summed E-state index contributed by atoms with van der Waals surface area (Å²) in [6.45, 7) is 1.99. The fourth-order valence-corrected chi connectivity index (χ4v) is 0.545. The molecule has 0 aromatic heterocycles. The molecular weight excluding hydrogens is 338 g/mol. The number of phenols is 1. The Hall–Kier alpha value is 0.0719. The zero-order chi connectivity index (χ0) is 5.98. The average Bonchev–Trinajstić information content (AvgIpc) is 1.77. The first-order chi connectivity index (χ1) is 3.79. The van der Waals surface area contributed by atoms with Crippen molar-refractivity contribution in [3.05, 3.63) is 29.8 Å². The van der Waals surface area contributed by atoms with E-state index in [1.807, 2.05) is 19.1 Å². The second-order valence-corrected chi connectivity index (χ2v) is 1.84. The number of benzene rings is 1. The van der Waals surface area contributed by atoms with Gasteiger partial charge >= 0.3 is 0 Å². The maximum atomic E-state index is 8.76. The summed E-state index contributed by atoms with van der Waals surface area (Å²) in [5.41, 5.74) is 1.17. The van der Waals surface area contributed by atoms with Gasteiger partial charge in [0.25, 0.3) is 0 Å². The van der Waals surface area contributed by atoms with Gasteiger partial charge in [0.1, 0.15) is 5.75 Å². The van der Waals surface area contributed by atoms with Gasteiger partial charge in [-0.2, -0.15) is 0 Å². The maximum absolute atomic E-state index is 8.76. The fraction of sp³-hybridized carbons (Fsp3) is 0.143. The van der Waals surface area contributed by atoms with Gasteiger partial charge in [0.05, 0.1) is 0 Å². The number of aryl methyl sites for hydroxylation is 1. The van der Waals surface area contributed by atoms with Gasteiger partial charge in [-0.1, -0.05) is 17.7 Å². The van der Waals surface area contributed by atoms with Crippen LogP contribution in [0.4, 0.5) is 0 Å². The van der Waals surface area contributed by atoms with Crippen molar-refractivity contribution in [3.8, 4) is 5.75 Å². The van der Waals surface area contributed by atoms with E-state index in [4.69, 9.17) is 5.11 Å². The Bertz CT molecular complexity index is 148. The molecule has 0 aliphatic heterocycles. The van der Waals surface area contributed by atoms with Gasteiger partial charge in [0.15, 0.2) is 0 Å². The first-order valence-corrected chi connectivity index (χ1v) is 2.54. The van der Waals surface area contributed by atoms with Gasteiger partial charge in [-0.25, -0.2) is 0 Å². The number of hydrogen-bond donors (Lipinski definition) is 1. The van der Waals surface area contributed by atoms with Gasteiger partial charge in [-0.3, -0.25) is 0 Å². The van der Waals surface area contributed by atoms with Gasteiger partial charge in [-0.15, -0.1) is 0 Å². The molecule has 1 aromatic carbocycles. The predicted molar refractivity (Wildman–Crippen MR) is 32.8 cm³/mol. The Morgan fingerprint density at radius 3 is 1.89 bits per heavy atom. The third-order valence-corrected chi connectivity index (χ3v) is 1.03. The Morgan fingerprint density at radius 1 is 1.11 bits per heavy atom. The molecule has 1 nitrogen and oxygen atoms in total.